The summed E-state index contributed by atoms with van der Waals surface area (Å²) in [6, 6.07) is 0. The lowest BCUT2D eigenvalue weighted by molar-refractivity contribution is -0.870. The van der Waals surface area contributed by atoms with Crippen molar-refractivity contribution in [3.05, 3.63) is 231 Å². The standard InChI is InChI=1S/C94H150NO8P/c1-6-8-10-12-14-16-18-20-22-24-26-28-30-32-34-36-38-40-42-44-46-47-49-50-52-54-56-58-60-62-64-66-68-70-72-74-76-78-80-82-84-86-93(96)100-90-92(91-102-104(98,99)101-89-88-95(3,4)5)103-94(97)87-85-83-81-79-77-75-73-71-69-67-65-63-61-59-57-55-53-51-48-45-43-41-39-37-35-33-31-29-27-25-23-21-19-17-15-13-11-9-7-2/h8-11,14-17,20-23,26-29,32-35,38-41,44-46,48,53,55,59,61,65,67,71,73,77,79,92H,6-7,12-13,18-19,24-25,30-31,36-37,42-43,47,49-52,54,56-58,60,62-64,66,68-70,72,74-76,78,80-91H2,1-5H3/b10-8-,11-9-,16-14-,17-15-,22-20-,23-21-,28-26-,29-27-,34-32-,35-33-,40-38-,41-39-,46-44-,48-45-,55-53-,61-59-,67-65-,73-71-,79-77-. The third-order valence-electron chi connectivity index (χ3n) is 16.7. The van der Waals surface area contributed by atoms with Crippen molar-refractivity contribution in [2.75, 3.05) is 47.5 Å². The molecule has 0 bridgehead atoms. The number of likely N-dealkylation sites (N-methyl/N-ethyl adjacent to an activating group) is 1. The molecule has 584 valence electrons. The smallest absolute Gasteiger partial charge is 0.306 e. The maximum Gasteiger partial charge on any atom is 0.306 e. The van der Waals surface area contributed by atoms with Crippen LogP contribution in [-0.2, 0) is 32.7 Å². The van der Waals surface area contributed by atoms with Gasteiger partial charge in [0.1, 0.15) is 19.8 Å². The Morgan fingerprint density at radius 1 is 0.298 bits per heavy atom. The summed E-state index contributed by atoms with van der Waals surface area (Å²) in [4.78, 5) is 38.2. The van der Waals surface area contributed by atoms with Gasteiger partial charge in [-0.15, -0.1) is 0 Å². The van der Waals surface area contributed by atoms with Gasteiger partial charge >= 0.3 is 11.9 Å². The molecule has 0 aromatic rings. The first kappa shape index (κ1) is 98.1. The first-order chi connectivity index (χ1) is 51.0. The van der Waals surface area contributed by atoms with Crippen molar-refractivity contribution in [3.8, 4) is 0 Å². The number of hydrogen-bond acceptors (Lipinski definition) is 8. The Labute approximate surface area is 639 Å². The Morgan fingerprint density at radius 2 is 0.519 bits per heavy atom. The summed E-state index contributed by atoms with van der Waals surface area (Å²) >= 11 is 0. The number of rotatable bonds is 73. The van der Waals surface area contributed by atoms with Gasteiger partial charge < -0.3 is 27.9 Å². The summed E-state index contributed by atoms with van der Waals surface area (Å²) in [6.45, 7) is 3.95. The fraction of sp³-hybridized carbons (Fsp3) is 0.574. The van der Waals surface area contributed by atoms with Crippen LogP contribution in [0, 0.1) is 0 Å². The van der Waals surface area contributed by atoms with Gasteiger partial charge in [-0.2, -0.15) is 0 Å². The van der Waals surface area contributed by atoms with E-state index in [0.29, 0.717) is 23.9 Å². The third kappa shape index (κ3) is 85.0. The van der Waals surface area contributed by atoms with Gasteiger partial charge in [-0.05, 0) is 161 Å². The van der Waals surface area contributed by atoms with Crippen molar-refractivity contribution in [1.29, 1.82) is 0 Å². The van der Waals surface area contributed by atoms with E-state index in [2.05, 4.69) is 245 Å². The normalized spacial score (nSPS) is 14.2. The van der Waals surface area contributed by atoms with Crippen molar-refractivity contribution in [2.45, 2.75) is 302 Å². The molecular weight excluding hydrogens is 1300 g/mol. The van der Waals surface area contributed by atoms with Gasteiger partial charge in [0.25, 0.3) is 7.82 Å². The van der Waals surface area contributed by atoms with E-state index in [1.165, 1.54) is 103 Å². The van der Waals surface area contributed by atoms with Crippen LogP contribution in [0.2, 0.25) is 0 Å². The molecule has 0 aliphatic heterocycles. The summed E-state index contributed by atoms with van der Waals surface area (Å²) in [6.07, 6.45) is 130. The van der Waals surface area contributed by atoms with Crippen LogP contribution in [0.15, 0.2) is 231 Å². The monoisotopic (exact) mass is 1450 g/mol. The van der Waals surface area contributed by atoms with Gasteiger partial charge in [-0.25, -0.2) is 0 Å². The summed E-state index contributed by atoms with van der Waals surface area (Å²) in [7, 11) is 1.11. The highest BCUT2D eigenvalue weighted by Gasteiger charge is 2.22. The fourth-order valence-corrected chi connectivity index (χ4v) is 11.2. The van der Waals surface area contributed by atoms with E-state index in [9.17, 15) is 19.0 Å². The SMILES string of the molecule is CC/C=C\C/C=C\C/C=C\C/C=C\C/C=C\C/C=C\C/C=C\C/C=C\C/C=C\C/C=C\C/C=C\C/C=C\CCCCC(=O)OC(COC(=O)CCCCCCCCCCCCCCCCCCCCC/C=C\C/C=C\C/C=C\C/C=C\C/C=C\C/C=C\C/C=C\CC)COP(=O)([O-])OCC[N+](C)(C)C. The Balaban J connectivity index is 4.10. The average molecular weight is 1450 g/mol. The van der Waals surface area contributed by atoms with Gasteiger partial charge in [0.15, 0.2) is 6.10 Å². The zero-order chi connectivity index (χ0) is 75.4. The van der Waals surface area contributed by atoms with Crippen LogP contribution in [0.3, 0.4) is 0 Å². The molecule has 0 saturated carbocycles. The second kappa shape index (κ2) is 81.2. The van der Waals surface area contributed by atoms with Gasteiger partial charge in [-0.1, -0.05) is 354 Å². The second-order valence-corrected chi connectivity index (χ2v) is 29.1. The third-order valence-corrected chi connectivity index (χ3v) is 17.6. The van der Waals surface area contributed by atoms with Crippen LogP contribution in [0.1, 0.15) is 296 Å². The summed E-state index contributed by atoms with van der Waals surface area (Å²) in [5.74, 6) is -0.893. The van der Waals surface area contributed by atoms with E-state index in [1.54, 1.807) is 0 Å². The average Bonchev–Trinajstić information content (AvgIpc) is 0.915. The maximum atomic E-state index is 12.9. The van der Waals surface area contributed by atoms with E-state index >= 15 is 0 Å². The number of nitrogens with zero attached hydrogens (tertiary/aromatic N) is 1. The number of esters is 2. The number of phosphoric acid groups is 1. The number of carbonyl (C=O) groups excluding carboxylic acids is 2. The number of allylic oxidation sites excluding steroid dienone is 38. The van der Waals surface area contributed by atoms with Gasteiger partial charge in [0.05, 0.1) is 27.7 Å². The van der Waals surface area contributed by atoms with E-state index in [4.69, 9.17) is 18.5 Å². The minimum absolute atomic E-state index is 0.0498. The number of hydrogen-bond donors (Lipinski definition) is 0. The molecule has 2 unspecified atom stereocenters. The van der Waals surface area contributed by atoms with Crippen molar-refractivity contribution in [1.82, 2.24) is 0 Å². The number of carbonyl (C=O) groups is 2. The van der Waals surface area contributed by atoms with Crippen LogP contribution < -0.4 is 4.89 Å². The van der Waals surface area contributed by atoms with Gasteiger partial charge in [-0.3, -0.25) is 14.2 Å². The molecule has 0 radical (unpaired) electrons. The second-order valence-electron chi connectivity index (χ2n) is 27.7. The topological polar surface area (TPSA) is 111 Å². The first-order valence-corrected chi connectivity index (χ1v) is 42.6. The van der Waals surface area contributed by atoms with Crippen LogP contribution in [0.25, 0.3) is 0 Å². The van der Waals surface area contributed by atoms with Crippen LogP contribution in [0.5, 0.6) is 0 Å². The number of unbranched alkanes of at least 4 members (excludes halogenated alkanes) is 21. The van der Waals surface area contributed by atoms with Crippen molar-refractivity contribution >= 4 is 19.8 Å². The van der Waals surface area contributed by atoms with Crippen LogP contribution in [0.4, 0.5) is 0 Å². The fourth-order valence-electron chi connectivity index (χ4n) is 10.5. The highest BCUT2D eigenvalue weighted by atomic mass is 31.2. The zero-order valence-corrected chi connectivity index (χ0v) is 67.5. The molecule has 0 aromatic carbocycles. The van der Waals surface area contributed by atoms with E-state index in [0.717, 1.165) is 154 Å². The molecule has 10 heteroatoms. The predicted molar refractivity (Wildman–Crippen MR) is 451 cm³/mol. The summed E-state index contributed by atoms with van der Waals surface area (Å²) in [5.41, 5.74) is 0. The van der Waals surface area contributed by atoms with Crippen molar-refractivity contribution in [3.63, 3.8) is 0 Å². The van der Waals surface area contributed by atoms with E-state index < -0.39 is 32.5 Å². The molecule has 9 nitrogen and oxygen atoms in total. The highest BCUT2D eigenvalue weighted by Crippen LogP contribution is 2.38. The minimum Gasteiger partial charge on any atom is -0.756 e. The Bertz CT molecular complexity index is 2620. The van der Waals surface area contributed by atoms with Gasteiger partial charge in [0, 0.05) is 12.8 Å². The molecule has 0 rings (SSSR count). The molecule has 0 heterocycles. The van der Waals surface area contributed by atoms with E-state index in [1.807, 2.05) is 21.1 Å². The van der Waals surface area contributed by atoms with Crippen LogP contribution in [-0.4, -0.2) is 70.0 Å². The molecule has 0 aliphatic rings. The molecule has 0 aliphatic carbocycles. The molecule has 104 heavy (non-hydrogen) atoms. The Hall–Kier alpha value is -5.93. The van der Waals surface area contributed by atoms with Crippen LogP contribution >= 0.6 is 7.82 Å². The predicted octanol–water partition coefficient (Wildman–Crippen LogP) is 27.4. The zero-order valence-electron chi connectivity index (χ0n) is 66.6. The number of quaternary nitrogens is 1. The molecular formula is C94H150NO8P. The highest BCUT2D eigenvalue weighted by molar-refractivity contribution is 7.45. The van der Waals surface area contributed by atoms with Gasteiger partial charge in [0.2, 0.25) is 0 Å². The Kier molecular flexibility index (Phi) is 76.5. The molecule has 0 aromatic heterocycles. The van der Waals surface area contributed by atoms with Crippen molar-refractivity contribution < 1.29 is 42.1 Å². The lowest BCUT2D eigenvalue weighted by Gasteiger charge is -2.28. The Morgan fingerprint density at radius 3 is 0.788 bits per heavy atom. The molecule has 0 fully saturated rings. The lowest BCUT2D eigenvalue weighted by atomic mass is 10.0. The minimum atomic E-state index is -4.67. The molecule has 2 atom stereocenters. The molecule has 0 saturated heterocycles. The first-order valence-electron chi connectivity index (χ1n) is 41.1. The number of ether oxygens (including phenoxy) is 2. The van der Waals surface area contributed by atoms with Crippen molar-refractivity contribution in [2.24, 2.45) is 0 Å². The molecule has 0 N–H and O–H groups in total. The molecule has 0 amide bonds. The maximum absolute atomic E-state index is 12.9. The van der Waals surface area contributed by atoms with E-state index in [-0.39, 0.29) is 26.1 Å². The summed E-state index contributed by atoms with van der Waals surface area (Å²) < 4.78 is 34.3. The quantitative estimate of drug-likeness (QED) is 0.0195. The lowest BCUT2D eigenvalue weighted by Crippen LogP contribution is -2.37. The summed E-state index contributed by atoms with van der Waals surface area (Å²) in [5, 5.41) is 0. The largest absolute Gasteiger partial charge is 0.756 e. The molecule has 0 spiro atoms. The number of phosphoric ester groups is 1.